The molecule has 0 amide bonds. The third-order valence-corrected chi connectivity index (χ3v) is 2.41. The number of nitrogens with one attached hydrogen (secondary N) is 1. The fraction of sp³-hybridized carbons (Fsp3) is 0.364. The van der Waals surface area contributed by atoms with Crippen molar-refractivity contribution >= 4 is 11.5 Å². The van der Waals surface area contributed by atoms with Gasteiger partial charge in [0.25, 0.3) is 0 Å². The first-order valence-corrected chi connectivity index (χ1v) is 4.71. The Kier molecular flexibility index (Phi) is 2.05. The van der Waals surface area contributed by atoms with Crippen molar-refractivity contribution in [1.82, 2.24) is 0 Å². The first kappa shape index (κ1) is 8.30. The maximum atomic E-state index is 11.3. The number of hydrogen-bond donors (Lipinski definition) is 1. The molecule has 2 rings (SSSR count). The zero-order valence-electron chi connectivity index (χ0n) is 7.76. The van der Waals surface area contributed by atoms with Crippen molar-refractivity contribution in [3.8, 4) is 0 Å². The van der Waals surface area contributed by atoms with Crippen LogP contribution in [0.25, 0.3) is 0 Å². The Morgan fingerprint density at radius 1 is 1.38 bits per heavy atom. The average molecular weight is 175 g/mol. The maximum absolute atomic E-state index is 11.3. The van der Waals surface area contributed by atoms with Crippen LogP contribution in [-0.2, 0) is 6.42 Å². The van der Waals surface area contributed by atoms with Crippen molar-refractivity contribution in [2.24, 2.45) is 0 Å². The lowest BCUT2D eigenvalue weighted by molar-refractivity contribution is 0.0994. The third kappa shape index (κ3) is 1.44. The van der Waals surface area contributed by atoms with E-state index in [-0.39, 0.29) is 5.78 Å². The van der Waals surface area contributed by atoms with E-state index >= 15 is 0 Å². The van der Waals surface area contributed by atoms with Crippen LogP contribution in [0, 0.1) is 0 Å². The van der Waals surface area contributed by atoms with Gasteiger partial charge in [-0.1, -0.05) is 0 Å². The molecule has 1 aliphatic carbocycles. The second-order valence-electron chi connectivity index (χ2n) is 3.33. The minimum absolute atomic E-state index is 0.290. The van der Waals surface area contributed by atoms with Crippen molar-refractivity contribution in [3.05, 3.63) is 29.3 Å². The molecule has 0 unspecified atom stereocenters. The Morgan fingerprint density at radius 2 is 2.23 bits per heavy atom. The second-order valence-corrected chi connectivity index (χ2v) is 3.33. The van der Waals surface area contributed by atoms with Crippen LogP contribution in [0.15, 0.2) is 18.2 Å². The fourth-order valence-electron chi connectivity index (χ4n) is 1.77. The van der Waals surface area contributed by atoms with E-state index in [1.807, 2.05) is 12.1 Å². The van der Waals surface area contributed by atoms with Crippen molar-refractivity contribution in [1.29, 1.82) is 0 Å². The number of anilines is 1. The van der Waals surface area contributed by atoms with Crippen LogP contribution >= 0.6 is 0 Å². The van der Waals surface area contributed by atoms with Gasteiger partial charge in [-0.15, -0.1) is 0 Å². The van der Waals surface area contributed by atoms with Crippen LogP contribution in [0.3, 0.4) is 0 Å². The molecule has 1 N–H and O–H groups in total. The molecule has 1 aromatic carbocycles. The quantitative estimate of drug-likeness (QED) is 0.746. The molecule has 0 saturated heterocycles. The highest BCUT2D eigenvalue weighted by molar-refractivity contribution is 6.00. The van der Waals surface area contributed by atoms with E-state index in [1.165, 1.54) is 5.56 Å². The molecule has 0 aromatic heterocycles. The summed E-state index contributed by atoms with van der Waals surface area (Å²) < 4.78 is 0. The third-order valence-electron chi connectivity index (χ3n) is 2.41. The number of carbonyl (C=O) groups excluding carboxylic acids is 1. The van der Waals surface area contributed by atoms with Gasteiger partial charge in [0.05, 0.1) is 0 Å². The summed E-state index contributed by atoms with van der Waals surface area (Å²) in [6.45, 7) is 2.99. The van der Waals surface area contributed by atoms with Crippen LogP contribution in [0.2, 0.25) is 0 Å². The van der Waals surface area contributed by atoms with Crippen LogP contribution in [-0.4, -0.2) is 12.3 Å². The molecule has 0 heterocycles. The normalized spacial score (nSPS) is 14.4. The Hall–Kier alpha value is -1.31. The number of benzene rings is 1. The van der Waals surface area contributed by atoms with E-state index in [1.54, 1.807) is 0 Å². The number of hydrogen-bond acceptors (Lipinski definition) is 2. The molecule has 0 bridgehead atoms. The molecule has 68 valence electrons. The fourth-order valence-corrected chi connectivity index (χ4v) is 1.77. The van der Waals surface area contributed by atoms with E-state index in [0.29, 0.717) is 6.42 Å². The standard InChI is InChI=1S/C11H13NO/c1-2-12-9-4-5-10-8(7-9)3-6-11(10)13/h4-5,7,12H,2-3,6H2,1H3. The van der Waals surface area contributed by atoms with Crippen LogP contribution in [0.4, 0.5) is 5.69 Å². The molecule has 0 saturated carbocycles. The van der Waals surface area contributed by atoms with Gasteiger partial charge in [0, 0.05) is 24.2 Å². The van der Waals surface area contributed by atoms with E-state index in [4.69, 9.17) is 0 Å². The number of carbonyl (C=O) groups is 1. The summed E-state index contributed by atoms with van der Waals surface area (Å²) in [6, 6.07) is 6.00. The van der Waals surface area contributed by atoms with Crippen LogP contribution in [0.5, 0.6) is 0 Å². The average Bonchev–Trinajstić information content (AvgIpc) is 2.48. The van der Waals surface area contributed by atoms with Crippen molar-refractivity contribution < 1.29 is 4.79 Å². The zero-order chi connectivity index (χ0) is 9.26. The van der Waals surface area contributed by atoms with E-state index in [0.717, 1.165) is 24.2 Å². The van der Waals surface area contributed by atoms with Gasteiger partial charge >= 0.3 is 0 Å². The Labute approximate surface area is 78.0 Å². The van der Waals surface area contributed by atoms with Gasteiger partial charge in [0.2, 0.25) is 0 Å². The smallest absolute Gasteiger partial charge is 0.163 e. The Bertz CT molecular complexity index is 344. The highest BCUT2D eigenvalue weighted by Crippen LogP contribution is 2.24. The van der Waals surface area contributed by atoms with Crippen LogP contribution in [0.1, 0.15) is 29.3 Å². The van der Waals surface area contributed by atoms with Gasteiger partial charge < -0.3 is 5.32 Å². The maximum Gasteiger partial charge on any atom is 0.163 e. The summed E-state index contributed by atoms with van der Waals surface area (Å²) in [5.41, 5.74) is 3.24. The predicted octanol–water partition coefficient (Wildman–Crippen LogP) is 2.25. The SMILES string of the molecule is CCNc1ccc2c(c1)CCC2=O. The summed E-state index contributed by atoms with van der Waals surface area (Å²) in [6.07, 6.45) is 1.60. The topological polar surface area (TPSA) is 29.1 Å². The lowest BCUT2D eigenvalue weighted by atomic mass is 10.1. The lowest BCUT2D eigenvalue weighted by Gasteiger charge is -2.04. The van der Waals surface area contributed by atoms with E-state index in [9.17, 15) is 4.79 Å². The molecule has 0 fully saturated rings. The second kappa shape index (κ2) is 3.21. The summed E-state index contributed by atoms with van der Waals surface area (Å²) in [5.74, 6) is 0.290. The number of Topliss-reactive ketones (excluding diaryl/α,β-unsaturated/α-hetero) is 1. The van der Waals surface area contributed by atoms with Crippen molar-refractivity contribution in [2.45, 2.75) is 19.8 Å². The lowest BCUT2D eigenvalue weighted by Crippen LogP contribution is -1.98. The van der Waals surface area contributed by atoms with Gasteiger partial charge in [-0.3, -0.25) is 4.79 Å². The molecule has 0 atom stereocenters. The minimum atomic E-state index is 0.290. The molecule has 1 aliphatic rings. The van der Waals surface area contributed by atoms with Gasteiger partial charge in [0.1, 0.15) is 0 Å². The number of rotatable bonds is 2. The van der Waals surface area contributed by atoms with Crippen molar-refractivity contribution in [2.75, 3.05) is 11.9 Å². The Morgan fingerprint density at radius 3 is 3.00 bits per heavy atom. The molecule has 0 spiro atoms. The minimum Gasteiger partial charge on any atom is -0.385 e. The largest absolute Gasteiger partial charge is 0.385 e. The van der Waals surface area contributed by atoms with E-state index < -0.39 is 0 Å². The zero-order valence-corrected chi connectivity index (χ0v) is 7.76. The van der Waals surface area contributed by atoms with Crippen LogP contribution < -0.4 is 5.32 Å². The first-order chi connectivity index (χ1) is 6.31. The van der Waals surface area contributed by atoms with Crippen molar-refractivity contribution in [3.63, 3.8) is 0 Å². The van der Waals surface area contributed by atoms with E-state index in [2.05, 4.69) is 18.3 Å². The summed E-state index contributed by atoms with van der Waals surface area (Å²) >= 11 is 0. The molecular weight excluding hydrogens is 162 g/mol. The summed E-state index contributed by atoms with van der Waals surface area (Å²) in [7, 11) is 0. The summed E-state index contributed by atoms with van der Waals surface area (Å²) in [5, 5.41) is 3.24. The molecule has 0 radical (unpaired) electrons. The molecule has 2 nitrogen and oxygen atoms in total. The van der Waals surface area contributed by atoms with Gasteiger partial charge in [0.15, 0.2) is 5.78 Å². The molecule has 2 heteroatoms. The van der Waals surface area contributed by atoms with Gasteiger partial charge in [-0.2, -0.15) is 0 Å². The van der Waals surface area contributed by atoms with Gasteiger partial charge in [-0.25, -0.2) is 0 Å². The number of fused-ring (bicyclic) bond motifs is 1. The molecule has 13 heavy (non-hydrogen) atoms. The highest BCUT2D eigenvalue weighted by Gasteiger charge is 2.18. The van der Waals surface area contributed by atoms with Gasteiger partial charge in [-0.05, 0) is 37.1 Å². The molecule has 1 aromatic rings. The molecule has 0 aliphatic heterocycles. The number of aryl methyl sites for hydroxylation is 1. The summed E-state index contributed by atoms with van der Waals surface area (Å²) in [4.78, 5) is 11.3. The molecular formula is C11H13NO. The highest BCUT2D eigenvalue weighted by atomic mass is 16.1. The predicted molar refractivity (Wildman–Crippen MR) is 53.3 cm³/mol. The first-order valence-electron chi connectivity index (χ1n) is 4.71. The monoisotopic (exact) mass is 175 g/mol. The number of ketones is 1. The Balaban J connectivity index is 2.34.